The minimum atomic E-state index is 0.0764. The zero-order valence-corrected chi connectivity index (χ0v) is 19.5. The lowest BCUT2D eigenvalue weighted by Gasteiger charge is -2.33. The van der Waals surface area contributed by atoms with Crippen molar-refractivity contribution in [2.45, 2.75) is 51.0 Å². The van der Waals surface area contributed by atoms with Crippen LogP contribution in [0.3, 0.4) is 0 Å². The van der Waals surface area contributed by atoms with Gasteiger partial charge in [-0.2, -0.15) is 0 Å². The second-order valence-electron chi connectivity index (χ2n) is 9.12. The van der Waals surface area contributed by atoms with E-state index in [0.29, 0.717) is 17.2 Å². The molecule has 2 saturated heterocycles. The van der Waals surface area contributed by atoms with E-state index in [1.54, 1.807) is 7.11 Å². The highest BCUT2D eigenvalue weighted by molar-refractivity contribution is 5.97. The monoisotopic (exact) mass is 436 g/mol. The largest absolute Gasteiger partial charge is 0.497 e. The fraction of sp³-hybridized carbons (Fsp3) is 0.519. The van der Waals surface area contributed by atoms with E-state index in [4.69, 9.17) is 9.47 Å². The summed E-state index contributed by atoms with van der Waals surface area (Å²) < 4.78 is 11.8. The smallest absolute Gasteiger partial charge is 0.257 e. The topological polar surface area (TPSA) is 42.0 Å². The van der Waals surface area contributed by atoms with Gasteiger partial charge in [-0.05, 0) is 62.3 Å². The van der Waals surface area contributed by atoms with Crippen LogP contribution in [0.1, 0.15) is 60.9 Å². The third-order valence-electron chi connectivity index (χ3n) is 6.89. The number of nitrogens with zero attached hydrogens (tertiary/aromatic N) is 2. The average molecular weight is 437 g/mol. The van der Waals surface area contributed by atoms with Gasteiger partial charge >= 0.3 is 0 Å². The lowest BCUT2D eigenvalue weighted by atomic mass is 9.97. The molecule has 1 amide bonds. The van der Waals surface area contributed by atoms with Gasteiger partial charge in [0.15, 0.2) is 0 Å². The van der Waals surface area contributed by atoms with Crippen molar-refractivity contribution in [3.63, 3.8) is 0 Å². The quantitative estimate of drug-likeness (QED) is 0.586. The van der Waals surface area contributed by atoms with E-state index < -0.39 is 0 Å². The standard InChI is InChI=1S/C27H36N2O3/c1-21(22-8-4-3-5-9-22)12-17-28-18-13-23(14-19-28)32-26-20-24(31-2)10-11-25(26)27(30)29-15-6-7-16-29/h3-5,8-11,20-21,23H,6-7,12-19H2,1-2H3/t21-/m1/s1. The van der Waals surface area contributed by atoms with Crippen molar-refractivity contribution in [3.05, 3.63) is 59.7 Å². The fourth-order valence-corrected chi connectivity index (χ4v) is 4.75. The van der Waals surface area contributed by atoms with Gasteiger partial charge in [0.1, 0.15) is 17.6 Å². The SMILES string of the molecule is COc1ccc(C(=O)N2CCCC2)c(OC2CCN(CC[C@@H](C)c3ccccc3)CC2)c1. The highest BCUT2D eigenvalue weighted by Crippen LogP contribution is 2.30. The van der Waals surface area contributed by atoms with Crippen LogP contribution in [0.2, 0.25) is 0 Å². The normalized spacial score (nSPS) is 18.5. The highest BCUT2D eigenvalue weighted by atomic mass is 16.5. The van der Waals surface area contributed by atoms with Crippen molar-refractivity contribution in [1.29, 1.82) is 0 Å². The lowest BCUT2D eigenvalue weighted by Crippen LogP contribution is -2.39. The van der Waals surface area contributed by atoms with Crippen molar-refractivity contribution < 1.29 is 14.3 Å². The summed E-state index contributed by atoms with van der Waals surface area (Å²) in [5, 5.41) is 0. The number of piperidine rings is 1. The molecule has 2 aliphatic heterocycles. The van der Waals surface area contributed by atoms with Crippen LogP contribution in [-0.2, 0) is 0 Å². The number of benzene rings is 2. The Bertz CT molecular complexity index is 872. The highest BCUT2D eigenvalue weighted by Gasteiger charge is 2.26. The molecule has 1 atom stereocenters. The van der Waals surface area contributed by atoms with Gasteiger partial charge in [0, 0.05) is 32.2 Å². The fourth-order valence-electron chi connectivity index (χ4n) is 4.75. The summed E-state index contributed by atoms with van der Waals surface area (Å²) in [7, 11) is 1.65. The summed E-state index contributed by atoms with van der Waals surface area (Å²) in [6.07, 6.45) is 5.43. The second kappa shape index (κ2) is 10.9. The molecule has 0 saturated carbocycles. The van der Waals surface area contributed by atoms with E-state index in [2.05, 4.69) is 42.2 Å². The third-order valence-corrected chi connectivity index (χ3v) is 6.89. The van der Waals surface area contributed by atoms with Gasteiger partial charge in [-0.25, -0.2) is 0 Å². The Morgan fingerprint density at radius 2 is 1.75 bits per heavy atom. The molecule has 5 nitrogen and oxygen atoms in total. The minimum Gasteiger partial charge on any atom is -0.497 e. The molecule has 32 heavy (non-hydrogen) atoms. The van der Waals surface area contributed by atoms with Crippen molar-refractivity contribution in [2.75, 3.05) is 39.8 Å². The van der Waals surface area contributed by atoms with Gasteiger partial charge in [0.2, 0.25) is 0 Å². The minimum absolute atomic E-state index is 0.0764. The number of hydrogen-bond acceptors (Lipinski definition) is 4. The van der Waals surface area contributed by atoms with Crippen LogP contribution in [0.5, 0.6) is 11.5 Å². The molecule has 4 rings (SSSR count). The van der Waals surface area contributed by atoms with E-state index in [1.165, 1.54) is 12.0 Å². The first-order chi connectivity index (χ1) is 15.6. The van der Waals surface area contributed by atoms with Crippen LogP contribution in [0, 0.1) is 0 Å². The Kier molecular flexibility index (Phi) is 7.69. The van der Waals surface area contributed by atoms with Crippen molar-refractivity contribution in [3.8, 4) is 11.5 Å². The van der Waals surface area contributed by atoms with Gasteiger partial charge < -0.3 is 19.3 Å². The number of ether oxygens (including phenoxy) is 2. The van der Waals surface area contributed by atoms with Crippen LogP contribution >= 0.6 is 0 Å². The Morgan fingerprint density at radius 3 is 2.44 bits per heavy atom. The van der Waals surface area contributed by atoms with Crippen LogP contribution in [0.4, 0.5) is 0 Å². The average Bonchev–Trinajstić information content (AvgIpc) is 3.38. The van der Waals surface area contributed by atoms with Gasteiger partial charge in [0.05, 0.1) is 12.7 Å². The zero-order chi connectivity index (χ0) is 22.3. The van der Waals surface area contributed by atoms with Crippen LogP contribution in [0.25, 0.3) is 0 Å². The predicted molar refractivity (Wildman–Crippen MR) is 128 cm³/mol. The third kappa shape index (κ3) is 5.63. The zero-order valence-electron chi connectivity index (χ0n) is 19.5. The Balaban J connectivity index is 1.32. The first-order valence-corrected chi connectivity index (χ1v) is 12.1. The molecular weight excluding hydrogens is 400 g/mol. The van der Waals surface area contributed by atoms with E-state index >= 15 is 0 Å². The van der Waals surface area contributed by atoms with E-state index in [9.17, 15) is 4.79 Å². The molecule has 5 heteroatoms. The summed E-state index contributed by atoms with van der Waals surface area (Å²) in [4.78, 5) is 17.5. The molecule has 0 N–H and O–H groups in total. The molecule has 0 bridgehead atoms. The predicted octanol–water partition coefficient (Wildman–Crippen LogP) is 4.97. The van der Waals surface area contributed by atoms with Gasteiger partial charge in [0.25, 0.3) is 5.91 Å². The molecule has 2 aromatic carbocycles. The van der Waals surface area contributed by atoms with E-state index in [1.807, 2.05) is 23.1 Å². The molecule has 2 fully saturated rings. The number of amides is 1. The van der Waals surface area contributed by atoms with E-state index in [0.717, 1.165) is 64.2 Å². The number of rotatable bonds is 8. The van der Waals surface area contributed by atoms with Gasteiger partial charge in [-0.3, -0.25) is 4.79 Å². The number of methoxy groups -OCH3 is 1. The molecule has 0 aliphatic carbocycles. The first kappa shape index (κ1) is 22.7. The number of carbonyl (C=O) groups is 1. The second-order valence-corrected chi connectivity index (χ2v) is 9.12. The van der Waals surface area contributed by atoms with Crippen molar-refractivity contribution in [2.24, 2.45) is 0 Å². The summed E-state index contributed by atoms with van der Waals surface area (Å²) >= 11 is 0. The maximum Gasteiger partial charge on any atom is 0.257 e. The molecule has 2 aliphatic rings. The maximum absolute atomic E-state index is 13.0. The molecule has 2 heterocycles. The Hall–Kier alpha value is -2.53. The number of carbonyl (C=O) groups excluding carboxylic acids is 1. The van der Waals surface area contributed by atoms with Crippen LogP contribution in [0.15, 0.2) is 48.5 Å². The Labute approximate surface area is 192 Å². The molecule has 172 valence electrons. The molecule has 0 aromatic heterocycles. The van der Waals surface area contributed by atoms with Crippen LogP contribution in [-0.4, -0.2) is 61.6 Å². The summed E-state index contributed by atoms with van der Waals surface area (Å²) in [6.45, 7) is 7.17. The number of hydrogen-bond donors (Lipinski definition) is 0. The summed E-state index contributed by atoms with van der Waals surface area (Å²) in [6, 6.07) is 16.3. The summed E-state index contributed by atoms with van der Waals surface area (Å²) in [5.74, 6) is 2.04. The van der Waals surface area contributed by atoms with Crippen molar-refractivity contribution >= 4 is 5.91 Å². The Morgan fingerprint density at radius 1 is 1.03 bits per heavy atom. The molecule has 0 radical (unpaired) electrons. The van der Waals surface area contributed by atoms with Gasteiger partial charge in [-0.1, -0.05) is 37.3 Å². The van der Waals surface area contributed by atoms with Gasteiger partial charge in [-0.15, -0.1) is 0 Å². The molecule has 0 unspecified atom stereocenters. The summed E-state index contributed by atoms with van der Waals surface area (Å²) in [5.41, 5.74) is 2.07. The number of likely N-dealkylation sites (tertiary alicyclic amines) is 2. The first-order valence-electron chi connectivity index (χ1n) is 12.1. The van der Waals surface area contributed by atoms with Crippen LogP contribution < -0.4 is 9.47 Å². The van der Waals surface area contributed by atoms with E-state index in [-0.39, 0.29) is 12.0 Å². The van der Waals surface area contributed by atoms with Crippen molar-refractivity contribution in [1.82, 2.24) is 9.80 Å². The molecule has 2 aromatic rings. The molecular formula is C27H36N2O3. The molecule has 0 spiro atoms. The lowest BCUT2D eigenvalue weighted by molar-refractivity contribution is 0.0767. The maximum atomic E-state index is 13.0.